The molecule has 54 heavy (non-hydrogen) atoms. The summed E-state index contributed by atoms with van der Waals surface area (Å²) in [5.41, 5.74) is 15.4. The van der Waals surface area contributed by atoms with E-state index in [1.54, 1.807) is 0 Å². The summed E-state index contributed by atoms with van der Waals surface area (Å²) in [5.74, 6) is -1.27. The Labute approximate surface area is 314 Å². The Morgan fingerprint density at radius 2 is 1.24 bits per heavy atom. The number of primary amides is 1. The molecule has 0 fully saturated rings. The van der Waals surface area contributed by atoms with Crippen LogP contribution >= 0.6 is 0 Å². The van der Waals surface area contributed by atoms with Crippen molar-refractivity contribution in [3.8, 4) is 0 Å². The molecule has 0 unspecified atom stereocenters. The van der Waals surface area contributed by atoms with Crippen molar-refractivity contribution in [2.45, 2.75) is 70.9 Å². The monoisotopic (exact) mass is 744 g/mol. The van der Waals surface area contributed by atoms with Crippen LogP contribution in [0.3, 0.4) is 0 Å². The normalized spacial score (nSPS) is 12.9. The number of urea groups is 1. The van der Waals surface area contributed by atoms with Gasteiger partial charge in [-0.15, -0.1) is 0 Å². The smallest absolute Gasteiger partial charge is 0.414 e. The van der Waals surface area contributed by atoms with E-state index < -0.39 is 48.2 Å². The van der Waals surface area contributed by atoms with E-state index in [1.165, 1.54) is 6.21 Å². The van der Waals surface area contributed by atoms with Crippen LogP contribution in [0.1, 0.15) is 49.8 Å². The van der Waals surface area contributed by atoms with Gasteiger partial charge in [0.15, 0.2) is 5.96 Å². The highest BCUT2D eigenvalue weighted by atomic mass is 16.6. The molecule has 3 aromatic carbocycles. The molecule has 9 N–H and O–H groups in total. The lowest BCUT2D eigenvalue weighted by atomic mass is 10.0. The van der Waals surface area contributed by atoms with Crippen molar-refractivity contribution in [3.63, 3.8) is 0 Å². The highest BCUT2D eigenvalue weighted by Gasteiger charge is 2.29. The summed E-state index contributed by atoms with van der Waals surface area (Å²) in [6, 6.07) is 23.7. The van der Waals surface area contributed by atoms with Crippen LogP contribution < -0.4 is 38.2 Å². The number of guanidine groups is 1. The zero-order chi connectivity index (χ0) is 39.1. The van der Waals surface area contributed by atoms with Crippen molar-refractivity contribution in [3.05, 3.63) is 108 Å². The molecular formula is C38H49N9O7. The summed E-state index contributed by atoms with van der Waals surface area (Å²) in [5, 5.41) is 14.5. The lowest BCUT2D eigenvalue weighted by molar-refractivity contribution is -0.130. The molecule has 0 aromatic heterocycles. The average Bonchev–Trinajstić information content (AvgIpc) is 3.15. The van der Waals surface area contributed by atoms with E-state index in [4.69, 9.17) is 20.9 Å². The van der Waals surface area contributed by atoms with Crippen molar-refractivity contribution in [2.75, 3.05) is 6.54 Å². The number of amides is 6. The second kappa shape index (κ2) is 23.2. The van der Waals surface area contributed by atoms with Gasteiger partial charge < -0.3 is 36.9 Å². The van der Waals surface area contributed by atoms with Gasteiger partial charge >= 0.3 is 18.2 Å². The van der Waals surface area contributed by atoms with Crippen LogP contribution in [0, 0.1) is 5.92 Å². The molecule has 0 radical (unpaired) electrons. The zero-order valence-corrected chi connectivity index (χ0v) is 30.4. The fourth-order valence-corrected chi connectivity index (χ4v) is 5.01. The minimum atomic E-state index is -1.07. The third-order valence-electron chi connectivity index (χ3n) is 7.60. The SMILES string of the molecule is CC(C)C[C@H](NC(=O)[C@H](Cc1ccccc1)NC(=O)OCc1ccccc1)C(=O)N[C@@H](CCCN=C(N)NC(=O)OCc1ccccc1)/[13CH]=N/NC(N)=O. The second-order valence-electron chi connectivity index (χ2n) is 12.6. The molecule has 16 nitrogen and oxygen atoms in total. The van der Waals surface area contributed by atoms with E-state index in [1.807, 2.05) is 105 Å². The fourth-order valence-electron chi connectivity index (χ4n) is 5.01. The van der Waals surface area contributed by atoms with Crippen LogP contribution in [-0.2, 0) is 38.7 Å². The van der Waals surface area contributed by atoms with E-state index in [-0.39, 0.29) is 50.9 Å². The number of rotatable bonds is 19. The van der Waals surface area contributed by atoms with E-state index in [2.05, 4.69) is 36.8 Å². The number of nitrogens with zero attached hydrogens (tertiary/aromatic N) is 2. The van der Waals surface area contributed by atoms with Gasteiger partial charge in [0.05, 0.1) is 6.04 Å². The van der Waals surface area contributed by atoms with Crippen molar-refractivity contribution >= 4 is 42.2 Å². The van der Waals surface area contributed by atoms with E-state index in [0.29, 0.717) is 6.42 Å². The van der Waals surface area contributed by atoms with Crippen molar-refractivity contribution < 1.29 is 33.4 Å². The van der Waals surface area contributed by atoms with Crippen molar-refractivity contribution in [1.29, 1.82) is 0 Å². The first-order valence-corrected chi connectivity index (χ1v) is 17.5. The van der Waals surface area contributed by atoms with Crippen LogP contribution in [0.15, 0.2) is 101 Å². The Morgan fingerprint density at radius 3 is 1.80 bits per heavy atom. The van der Waals surface area contributed by atoms with Crippen LogP contribution in [0.5, 0.6) is 0 Å². The summed E-state index contributed by atoms with van der Waals surface area (Å²) in [7, 11) is 0. The Kier molecular flexibility index (Phi) is 18.0. The zero-order valence-electron chi connectivity index (χ0n) is 30.4. The van der Waals surface area contributed by atoms with Crippen LogP contribution in [0.4, 0.5) is 14.4 Å². The van der Waals surface area contributed by atoms with E-state index in [9.17, 15) is 24.0 Å². The van der Waals surface area contributed by atoms with Gasteiger partial charge in [0.1, 0.15) is 25.3 Å². The molecular weight excluding hydrogens is 695 g/mol. The number of aliphatic imine (C=N–C) groups is 1. The average molecular weight is 745 g/mol. The maximum absolute atomic E-state index is 13.7. The Morgan fingerprint density at radius 1 is 0.704 bits per heavy atom. The highest BCUT2D eigenvalue weighted by Crippen LogP contribution is 2.10. The number of ether oxygens (including phenoxy) is 2. The molecule has 0 spiro atoms. The first-order valence-electron chi connectivity index (χ1n) is 17.5. The summed E-state index contributed by atoms with van der Waals surface area (Å²) in [6.45, 7) is 4.03. The first-order chi connectivity index (χ1) is 26.0. The van der Waals surface area contributed by atoms with E-state index in [0.717, 1.165) is 16.7 Å². The minimum absolute atomic E-state index is 0.00793. The van der Waals surface area contributed by atoms with Gasteiger partial charge in [-0.2, -0.15) is 5.10 Å². The molecule has 0 saturated carbocycles. The molecule has 288 valence electrons. The number of nitrogens with two attached hydrogens (primary N) is 2. The largest absolute Gasteiger partial charge is 0.445 e. The minimum Gasteiger partial charge on any atom is -0.445 e. The Balaban J connectivity index is 1.63. The molecule has 3 rings (SSSR count). The molecule has 0 saturated heterocycles. The van der Waals surface area contributed by atoms with Gasteiger partial charge in [0.2, 0.25) is 11.8 Å². The van der Waals surface area contributed by atoms with Gasteiger partial charge in [0, 0.05) is 19.2 Å². The molecule has 3 atom stereocenters. The predicted octanol–water partition coefficient (Wildman–Crippen LogP) is 3.22. The molecule has 0 aliphatic heterocycles. The Hall–Kier alpha value is -6.45. The maximum Gasteiger partial charge on any atom is 0.414 e. The predicted molar refractivity (Wildman–Crippen MR) is 204 cm³/mol. The number of benzene rings is 3. The van der Waals surface area contributed by atoms with Crippen molar-refractivity contribution in [2.24, 2.45) is 27.5 Å². The number of carbonyl (C=O) groups is 5. The van der Waals surface area contributed by atoms with Gasteiger partial charge in [-0.1, -0.05) is 105 Å². The van der Waals surface area contributed by atoms with E-state index >= 15 is 0 Å². The van der Waals surface area contributed by atoms with Gasteiger partial charge in [-0.05, 0) is 41.9 Å². The lowest BCUT2D eigenvalue weighted by Crippen LogP contribution is -2.56. The third-order valence-corrected chi connectivity index (χ3v) is 7.60. The van der Waals surface area contributed by atoms with Gasteiger partial charge in [-0.25, -0.2) is 19.8 Å². The molecule has 6 amide bonds. The first kappa shape index (κ1) is 42.0. The maximum atomic E-state index is 13.7. The standard InChI is InChI=1S/C38H49N9O7/c1-26(2)21-31(44-34(49)32(22-27-13-6-3-7-14-27)45-37(51)53-24-28-15-8-4-9-16-28)33(48)43-30(23-42-47-36(40)50)19-12-20-41-35(39)46-38(52)54-25-29-17-10-5-11-18-29/h3-11,13-18,23,26,30-32H,12,19-22,24-25H2,1-2H3,(H,43,48)(H,44,49)(H,45,51)(H3,40,47,50)(H3,39,41,46,52)/b42-23+/t30-,31-,32-/m0/s1/i23+1. The summed E-state index contributed by atoms with van der Waals surface area (Å²) in [6.07, 6.45) is 0.790. The lowest BCUT2D eigenvalue weighted by Gasteiger charge is -2.25. The van der Waals surface area contributed by atoms with Gasteiger partial charge in [-0.3, -0.25) is 19.9 Å². The molecule has 0 bridgehead atoms. The molecule has 16 heteroatoms. The molecule has 3 aromatic rings. The third kappa shape index (κ3) is 17.2. The molecule has 0 aliphatic rings. The summed E-state index contributed by atoms with van der Waals surface area (Å²) in [4.78, 5) is 67.7. The number of hydrogen-bond donors (Lipinski definition) is 7. The van der Waals surface area contributed by atoms with Crippen molar-refractivity contribution in [1.82, 2.24) is 26.7 Å². The topological polar surface area (TPSA) is 241 Å². The molecule has 0 aliphatic carbocycles. The fraction of sp³-hybridized carbons (Fsp3) is 0.342. The van der Waals surface area contributed by atoms with Crippen LogP contribution in [0.2, 0.25) is 0 Å². The number of hydrazone groups is 1. The highest BCUT2D eigenvalue weighted by molar-refractivity contribution is 5.93. The second-order valence-corrected chi connectivity index (χ2v) is 12.6. The summed E-state index contributed by atoms with van der Waals surface area (Å²) >= 11 is 0. The number of alkyl carbamates (subject to hydrolysis) is 2. The Bertz CT molecular complexity index is 1690. The number of hydrogen-bond acceptors (Lipinski definition) is 9. The summed E-state index contributed by atoms with van der Waals surface area (Å²) < 4.78 is 10.5. The van der Waals surface area contributed by atoms with Crippen LogP contribution in [0.25, 0.3) is 0 Å². The number of nitrogens with one attached hydrogen (secondary N) is 5. The van der Waals surface area contributed by atoms with Crippen LogP contribution in [-0.4, -0.2) is 66.9 Å². The van der Waals surface area contributed by atoms with Gasteiger partial charge in [0.25, 0.3) is 0 Å². The quantitative estimate of drug-likeness (QED) is 0.0315. The molecule has 0 heterocycles. The number of carbonyl (C=O) groups excluding carboxylic acids is 5.